The molecule has 13 heavy (non-hydrogen) atoms. The fourth-order valence-electron chi connectivity index (χ4n) is 1.38. The second-order valence-electron chi connectivity index (χ2n) is 3.20. The number of halogens is 1. The van der Waals surface area contributed by atoms with Crippen LogP contribution in [0.4, 0.5) is 4.39 Å². The molecule has 1 aliphatic heterocycles. The van der Waals surface area contributed by atoms with Crippen molar-refractivity contribution < 1.29 is 9.18 Å². The van der Waals surface area contributed by atoms with Crippen LogP contribution in [0.2, 0.25) is 0 Å². The van der Waals surface area contributed by atoms with Gasteiger partial charge >= 0.3 is 0 Å². The molecule has 0 radical (unpaired) electrons. The van der Waals surface area contributed by atoms with E-state index in [9.17, 15) is 9.18 Å². The zero-order valence-electron chi connectivity index (χ0n) is 7.79. The minimum atomic E-state index is -0.576. The van der Waals surface area contributed by atoms with Crippen molar-refractivity contribution in [2.75, 3.05) is 26.3 Å². The molecule has 1 fully saturated rings. The molecule has 0 spiro atoms. The molecule has 1 rings (SSSR count). The van der Waals surface area contributed by atoms with Crippen LogP contribution >= 0.6 is 0 Å². The summed E-state index contributed by atoms with van der Waals surface area (Å²) >= 11 is 0. The first kappa shape index (κ1) is 10.2. The van der Waals surface area contributed by atoms with Gasteiger partial charge in [-0.15, -0.1) is 0 Å². The molecule has 4 heteroatoms. The summed E-state index contributed by atoms with van der Waals surface area (Å²) in [5.74, 6) is -0.0917. The SMILES string of the molecule is C[C@H]1CN(C(=O)/C=C/CF)CCN1. The van der Waals surface area contributed by atoms with E-state index < -0.39 is 6.67 Å². The molecule has 3 nitrogen and oxygen atoms in total. The molecule has 1 aliphatic rings. The maximum absolute atomic E-state index is 11.7. The highest BCUT2D eigenvalue weighted by Crippen LogP contribution is 1.99. The van der Waals surface area contributed by atoms with Crippen LogP contribution in [0.3, 0.4) is 0 Å². The number of hydrogen-bond acceptors (Lipinski definition) is 2. The second-order valence-corrected chi connectivity index (χ2v) is 3.20. The van der Waals surface area contributed by atoms with Crippen LogP contribution in [0, 0.1) is 0 Å². The number of piperazine rings is 1. The summed E-state index contributed by atoms with van der Waals surface area (Å²) in [5.41, 5.74) is 0. The van der Waals surface area contributed by atoms with Crippen LogP contribution in [0.1, 0.15) is 6.92 Å². The lowest BCUT2D eigenvalue weighted by atomic mass is 10.2. The van der Waals surface area contributed by atoms with Gasteiger partial charge in [-0.2, -0.15) is 0 Å². The standard InChI is InChI=1S/C9H15FN2O/c1-8-7-12(6-5-11-8)9(13)3-2-4-10/h2-3,8,11H,4-7H2,1H3/b3-2+/t8-/m0/s1. The normalized spacial score (nSPS) is 23.8. The monoisotopic (exact) mass is 186 g/mol. The van der Waals surface area contributed by atoms with Gasteiger partial charge in [0, 0.05) is 31.8 Å². The summed E-state index contributed by atoms with van der Waals surface area (Å²) in [5, 5.41) is 3.23. The Morgan fingerprint density at radius 2 is 2.54 bits per heavy atom. The van der Waals surface area contributed by atoms with E-state index in [1.165, 1.54) is 12.2 Å². The fraction of sp³-hybridized carbons (Fsp3) is 0.667. The summed E-state index contributed by atoms with van der Waals surface area (Å²) in [6, 6.07) is 0.330. The second kappa shape index (κ2) is 4.97. The van der Waals surface area contributed by atoms with Gasteiger partial charge in [0.15, 0.2) is 0 Å². The first-order valence-electron chi connectivity index (χ1n) is 4.49. The summed E-state index contributed by atoms with van der Waals surface area (Å²) in [4.78, 5) is 13.1. The molecule has 0 saturated carbocycles. The quantitative estimate of drug-likeness (QED) is 0.630. The van der Waals surface area contributed by atoms with E-state index in [2.05, 4.69) is 5.32 Å². The number of allylic oxidation sites excluding steroid dienone is 1. The highest BCUT2D eigenvalue weighted by molar-refractivity contribution is 5.87. The van der Waals surface area contributed by atoms with Gasteiger partial charge in [-0.05, 0) is 13.0 Å². The Hall–Kier alpha value is -0.900. The van der Waals surface area contributed by atoms with Crippen LogP contribution in [-0.4, -0.2) is 43.2 Å². The Kier molecular flexibility index (Phi) is 3.89. The number of nitrogens with one attached hydrogen (secondary N) is 1. The van der Waals surface area contributed by atoms with E-state index in [4.69, 9.17) is 0 Å². The van der Waals surface area contributed by atoms with Gasteiger partial charge in [0.05, 0.1) is 0 Å². The summed E-state index contributed by atoms with van der Waals surface area (Å²) in [7, 11) is 0. The molecule has 1 saturated heterocycles. The van der Waals surface area contributed by atoms with Crippen LogP contribution in [0.5, 0.6) is 0 Å². The van der Waals surface area contributed by atoms with Crippen molar-refractivity contribution in [3.05, 3.63) is 12.2 Å². The maximum Gasteiger partial charge on any atom is 0.246 e. The molecule has 0 aromatic carbocycles. The van der Waals surface area contributed by atoms with Gasteiger partial charge in [-0.25, -0.2) is 4.39 Å². The first-order valence-corrected chi connectivity index (χ1v) is 4.49. The average molecular weight is 186 g/mol. The lowest BCUT2D eigenvalue weighted by molar-refractivity contribution is -0.127. The van der Waals surface area contributed by atoms with Gasteiger partial charge in [-0.3, -0.25) is 4.79 Å². The minimum absolute atomic E-state index is 0.0917. The summed E-state index contributed by atoms with van der Waals surface area (Å²) in [6.45, 7) is 3.68. The molecule has 1 heterocycles. The van der Waals surface area contributed by atoms with E-state index >= 15 is 0 Å². The van der Waals surface area contributed by atoms with Gasteiger partial charge in [0.25, 0.3) is 0 Å². The fourth-order valence-corrected chi connectivity index (χ4v) is 1.38. The maximum atomic E-state index is 11.7. The van der Waals surface area contributed by atoms with Crippen molar-refractivity contribution in [1.82, 2.24) is 10.2 Å². The molecule has 0 aromatic rings. The van der Waals surface area contributed by atoms with Crippen molar-refractivity contribution in [2.45, 2.75) is 13.0 Å². The predicted octanol–water partition coefficient (Wildman–Crippen LogP) is 0.332. The Labute approximate surface area is 77.6 Å². The average Bonchev–Trinajstić information content (AvgIpc) is 2.14. The van der Waals surface area contributed by atoms with Crippen molar-refractivity contribution in [2.24, 2.45) is 0 Å². The number of rotatable bonds is 2. The lowest BCUT2D eigenvalue weighted by Crippen LogP contribution is -2.50. The van der Waals surface area contributed by atoms with Crippen molar-refractivity contribution in [3.63, 3.8) is 0 Å². The molecule has 1 atom stereocenters. The van der Waals surface area contributed by atoms with Gasteiger partial charge in [0.2, 0.25) is 5.91 Å². The number of nitrogens with zero attached hydrogens (tertiary/aromatic N) is 1. The van der Waals surface area contributed by atoms with E-state index in [1.54, 1.807) is 4.90 Å². The van der Waals surface area contributed by atoms with E-state index in [0.717, 1.165) is 6.54 Å². The molecule has 0 aromatic heterocycles. The molecular formula is C9H15FN2O. The zero-order valence-corrected chi connectivity index (χ0v) is 7.79. The molecule has 0 aliphatic carbocycles. The molecule has 1 N–H and O–H groups in total. The van der Waals surface area contributed by atoms with Crippen molar-refractivity contribution in [1.29, 1.82) is 0 Å². The molecule has 1 amide bonds. The predicted molar refractivity (Wildman–Crippen MR) is 49.2 cm³/mol. The molecule has 0 unspecified atom stereocenters. The molecule has 0 bridgehead atoms. The molecular weight excluding hydrogens is 171 g/mol. The summed E-state index contributed by atoms with van der Waals surface area (Å²) in [6.07, 6.45) is 2.55. The van der Waals surface area contributed by atoms with Gasteiger partial charge in [0.1, 0.15) is 6.67 Å². The van der Waals surface area contributed by atoms with E-state index in [-0.39, 0.29) is 5.91 Å². The minimum Gasteiger partial charge on any atom is -0.336 e. The number of amides is 1. The van der Waals surface area contributed by atoms with Crippen molar-refractivity contribution in [3.8, 4) is 0 Å². The Morgan fingerprint density at radius 1 is 1.77 bits per heavy atom. The zero-order chi connectivity index (χ0) is 9.68. The topological polar surface area (TPSA) is 32.3 Å². The van der Waals surface area contributed by atoms with Crippen molar-refractivity contribution >= 4 is 5.91 Å². The number of hydrogen-bond donors (Lipinski definition) is 1. The third-order valence-electron chi connectivity index (χ3n) is 2.03. The Morgan fingerprint density at radius 3 is 3.15 bits per heavy atom. The highest BCUT2D eigenvalue weighted by Gasteiger charge is 2.17. The number of carbonyl (C=O) groups excluding carboxylic acids is 1. The number of carbonyl (C=O) groups is 1. The highest BCUT2D eigenvalue weighted by atomic mass is 19.1. The third-order valence-corrected chi connectivity index (χ3v) is 2.03. The molecule has 74 valence electrons. The largest absolute Gasteiger partial charge is 0.336 e. The Bertz CT molecular complexity index is 206. The lowest BCUT2D eigenvalue weighted by Gasteiger charge is -2.31. The third kappa shape index (κ3) is 3.14. The van der Waals surface area contributed by atoms with E-state index in [0.29, 0.717) is 19.1 Å². The van der Waals surface area contributed by atoms with Gasteiger partial charge < -0.3 is 10.2 Å². The van der Waals surface area contributed by atoms with Crippen LogP contribution in [0.25, 0.3) is 0 Å². The smallest absolute Gasteiger partial charge is 0.246 e. The van der Waals surface area contributed by atoms with Gasteiger partial charge in [-0.1, -0.05) is 0 Å². The number of alkyl halides is 1. The van der Waals surface area contributed by atoms with E-state index in [1.807, 2.05) is 6.92 Å². The van der Waals surface area contributed by atoms with Crippen LogP contribution in [0.15, 0.2) is 12.2 Å². The van der Waals surface area contributed by atoms with Crippen LogP contribution < -0.4 is 5.32 Å². The van der Waals surface area contributed by atoms with Crippen LogP contribution in [-0.2, 0) is 4.79 Å². The Balaban J connectivity index is 2.41. The summed E-state index contributed by atoms with van der Waals surface area (Å²) < 4.78 is 11.7. The first-order chi connectivity index (χ1) is 6.24.